The SMILES string of the molecule is CC(C)(C)OC(=O)NC1(c2ccc(-c3nc4c(cc3-c3ccccc3)N(CC(N)=O)C(=O)CO4)cc2)CCC1. The molecule has 1 aromatic heterocycles. The van der Waals surface area contributed by atoms with Crippen LogP contribution in [0.5, 0.6) is 5.88 Å². The zero-order valence-electron chi connectivity index (χ0n) is 22.3. The Morgan fingerprint density at radius 1 is 1.08 bits per heavy atom. The minimum atomic E-state index is -0.623. The number of benzene rings is 2. The van der Waals surface area contributed by atoms with E-state index < -0.39 is 23.1 Å². The normalized spacial score (nSPS) is 16.0. The largest absolute Gasteiger partial charge is 0.466 e. The van der Waals surface area contributed by atoms with Crippen molar-refractivity contribution in [3.63, 3.8) is 0 Å². The van der Waals surface area contributed by atoms with Crippen LogP contribution >= 0.6 is 0 Å². The van der Waals surface area contributed by atoms with E-state index in [1.54, 1.807) is 0 Å². The van der Waals surface area contributed by atoms with Gasteiger partial charge >= 0.3 is 6.09 Å². The van der Waals surface area contributed by atoms with Crippen LogP contribution in [0.2, 0.25) is 0 Å². The van der Waals surface area contributed by atoms with Crippen molar-refractivity contribution in [2.45, 2.75) is 51.2 Å². The van der Waals surface area contributed by atoms with Gasteiger partial charge in [0.05, 0.1) is 11.2 Å². The second-order valence-electron chi connectivity index (χ2n) is 10.9. The Labute approximate surface area is 227 Å². The molecular weight excluding hydrogens is 496 g/mol. The molecule has 0 radical (unpaired) electrons. The molecule has 0 atom stereocenters. The van der Waals surface area contributed by atoms with Crippen molar-refractivity contribution < 1.29 is 23.9 Å². The molecule has 1 aliphatic heterocycles. The average Bonchev–Trinajstić information content (AvgIpc) is 2.87. The first-order valence-electron chi connectivity index (χ1n) is 13.0. The lowest BCUT2D eigenvalue weighted by Gasteiger charge is -2.43. The van der Waals surface area contributed by atoms with Crippen LogP contribution in [0.15, 0.2) is 60.7 Å². The Hall–Kier alpha value is -4.40. The number of rotatable bonds is 6. The summed E-state index contributed by atoms with van der Waals surface area (Å²) >= 11 is 0. The van der Waals surface area contributed by atoms with E-state index in [1.807, 2.05) is 81.4 Å². The third kappa shape index (κ3) is 5.43. The molecule has 3 amide bonds. The maximum atomic E-state index is 12.6. The van der Waals surface area contributed by atoms with Crippen molar-refractivity contribution in [3.05, 3.63) is 66.2 Å². The number of hydrogen-bond acceptors (Lipinski definition) is 6. The van der Waals surface area contributed by atoms with Gasteiger partial charge in [0.15, 0.2) is 6.61 Å². The predicted octanol–water partition coefficient (Wildman–Crippen LogP) is 4.53. The Bertz CT molecular complexity index is 1410. The Morgan fingerprint density at radius 2 is 1.77 bits per heavy atom. The first-order chi connectivity index (χ1) is 18.5. The summed E-state index contributed by atoms with van der Waals surface area (Å²) in [6, 6.07) is 19.5. The number of fused-ring (bicyclic) bond motifs is 1. The monoisotopic (exact) mass is 528 g/mol. The Kier molecular flexibility index (Phi) is 6.76. The summed E-state index contributed by atoms with van der Waals surface area (Å²) in [6.45, 7) is 5.05. The van der Waals surface area contributed by atoms with Crippen LogP contribution < -0.4 is 20.7 Å². The van der Waals surface area contributed by atoms with Gasteiger partial charge in [-0.05, 0) is 57.2 Å². The lowest BCUT2D eigenvalue weighted by atomic mass is 9.71. The van der Waals surface area contributed by atoms with Crippen molar-refractivity contribution >= 4 is 23.6 Å². The number of primary amides is 1. The molecule has 0 saturated heterocycles. The fourth-order valence-corrected chi connectivity index (χ4v) is 4.98. The van der Waals surface area contributed by atoms with Crippen LogP contribution in [-0.2, 0) is 19.9 Å². The van der Waals surface area contributed by atoms with Crippen LogP contribution in [-0.4, -0.2) is 41.6 Å². The van der Waals surface area contributed by atoms with Gasteiger partial charge in [-0.15, -0.1) is 0 Å². The maximum absolute atomic E-state index is 12.6. The van der Waals surface area contributed by atoms with Gasteiger partial charge in [0.2, 0.25) is 11.8 Å². The highest BCUT2D eigenvalue weighted by Crippen LogP contribution is 2.44. The van der Waals surface area contributed by atoms with Gasteiger partial charge in [0, 0.05) is 11.1 Å². The van der Waals surface area contributed by atoms with Gasteiger partial charge in [0.25, 0.3) is 5.91 Å². The van der Waals surface area contributed by atoms with E-state index in [0.717, 1.165) is 41.5 Å². The smallest absolute Gasteiger partial charge is 0.408 e. The number of nitrogens with one attached hydrogen (secondary N) is 1. The highest BCUT2D eigenvalue weighted by molar-refractivity contribution is 6.02. The molecule has 2 aliphatic rings. The van der Waals surface area contributed by atoms with E-state index in [-0.39, 0.29) is 24.9 Å². The second-order valence-corrected chi connectivity index (χ2v) is 10.9. The molecule has 9 heteroatoms. The minimum Gasteiger partial charge on any atom is -0.466 e. The van der Waals surface area contributed by atoms with Crippen LogP contribution in [0, 0.1) is 0 Å². The molecule has 2 heterocycles. The van der Waals surface area contributed by atoms with Crippen molar-refractivity contribution in [1.82, 2.24) is 10.3 Å². The summed E-state index contributed by atoms with van der Waals surface area (Å²) in [5, 5.41) is 3.09. The molecule has 0 spiro atoms. The number of nitrogens with two attached hydrogens (primary N) is 1. The van der Waals surface area contributed by atoms with E-state index in [0.29, 0.717) is 11.4 Å². The third-order valence-electron chi connectivity index (χ3n) is 6.95. The fourth-order valence-electron chi connectivity index (χ4n) is 4.98. The summed E-state index contributed by atoms with van der Waals surface area (Å²) in [7, 11) is 0. The molecule has 3 N–H and O–H groups in total. The third-order valence-corrected chi connectivity index (χ3v) is 6.95. The summed E-state index contributed by atoms with van der Waals surface area (Å²) in [4.78, 5) is 42.9. The van der Waals surface area contributed by atoms with Crippen molar-refractivity contribution in [2.24, 2.45) is 5.73 Å². The number of nitrogens with zero attached hydrogens (tertiary/aromatic N) is 2. The molecule has 1 saturated carbocycles. The number of carbonyl (C=O) groups excluding carboxylic acids is 3. The first-order valence-corrected chi connectivity index (χ1v) is 13.0. The van der Waals surface area contributed by atoms with E-state index in [1.165, 1.54) is 4.90 Å². The first kappa shape index (κ1) is 26.2. The molecule has 1 fully saturated rings. The predicted molar refractivity (Wildman–Crippen MR) is 147 cm³/mol. The van der Waals surface area contributed by atoms with Gasteiger partial charge < -0.3 is 20.5 Å². The minimum absolute atomic E-state index is 0.227. The van der Waals surface area contributed by atoms with Gasteiger partial charge in [-0.1, -0.05) is 54.6 Å². The molecule has 9 nitrogen and oxygen atoms in total. The van der Waals surface area contributed by atoms with Gasteiger partial charge in [0.1, 0.15) is 17.8 Å². The van der Waals surface area contributed by atoms with Crippen LogP contribution in [0.1, 0.15) is 45.6 Å². The topological polar surface area (TPSA) is 124 Å². The average molecular weight is 529 g/mol. The molecule has 0 bridgehead atoms. The number of anilines is 1. The summed E-state index contributed by atoms with van der Waals surface area (Å²) < 4.78 is 11.2. The van der Waals surface area contributed by atoms with Crippen LogP contribution in [0.25, 0.3) is 22.4 Å². The lowest BCUT2D eigenvalue weighted by Crippen LogP contribution is -2.52. The molecular formula is C30H32N4O5. The van der Waals surface area contributed by atoms with Gasteiger partial charge in [-0.25, -0.2) is 9.78 Å². The molecule has 202 valence electrons. The van der Waals surface area contributed by atoms with Gasteiger partial charge in [-0.3, -0.25) is 14.5 Å². The van der Waals surface area contributed by atoms with Gasteiger partial charge in [-0.2, -0.15) is 0 Å². The molecule has 2 aromatic carbocycles. The van der Waals surface area contributed by atoms with Crippen molar-refractivity contribution in [2.75, 3.05) is 18.1 Å². The second kappa shape index (κ2) is 10.1. The highest BCUT2D eigenvalue weighted by Gasteiger charge is 2.41. The summed E-state index contributed by atoms with van der Waals surface area (Å²) in [5.41, 5.74) is 8.95. The fraction of sp³-hybridized carbons (Fsp3) is 0.333. The standard InChI is InChI=1S/C30H32N4O5/c1-29(2,3)39-28(37)33-30(14-7-15-30)21-12-10-20(11-13-21)26-22(19-8-5-4-6-9-19)16-23-27(32-26)38-18-25(36)34(23)17-24(31)35/h4-6,8-13,16H,7,14-15,17-18H2,1-3H3,(H2,31,35)(H,33,37). The zero-order valence-corrected chi connectivity index (χ0v) is 22.3. The molecule has 5 rings (SSSR count). The lowest BCUT2D eigenvalue weighted by molar-refractivity contribution is -0.124. The van der Waals surface area contributed by atoms with Crippen molar-refractivity contribution in [3.8, 4) is 28.3 Å². The van der Waals surface area contributed by atoms with Crippen molar-refractivity contribution in [1.29, 1.82) is 0 Å². The number of alkyl carbamates (subject to hydrolysis) is 1. The highest BCUT2D eigenvalue weighted by atomic mass is 16.6. The Morgan fingerprint density at radius 3 is 2.36 bits per heavy atom. The number of pyridine rings is 1. The zero-order chi connectivity index (χ0) is 27.8. The summed E-state index contributed by atoms with van der Waals surface area (Å²) in [6.07, 6.45) is 2.24. The number of carbonyl (C=O) groups is 3. The summed E-state index contributed by atoms with van der Waals surface area (Å²) in [5.74, 6) is -0.721. The van der Waals surface area contributed by atoms with E-state index in [4.69, 9.17) is 20.2 Å². The molecule has 3 aromatic rings. The molecule has 1 aliphatic carbocycles. The number of amides is 3. The number of hydrogen-bond donors (Lipinski definition) is 2. The van der Waals surface area contributed by atoms with Crippen LogP contribution in [0.3, 0.4) is 0 Å². The molecule has 0 unspecified atom stereocenters. The Balaban J connectivity index is 1.53. The quantitative estimate of drug-likeness (QED) is 0.485. The van der Waals surface area contributed by atoms with Crippen LogP contribution in [0.4, 0.5) is 10.5 Å². The maximum Gasteiger partial charge on any atom is 0.408 e. The molecule has 39 heavy (non-hydrogen) atoms. The number of aromatic nitrogens is 1. The van der Waals surface area contributed by atoms with E-state index >= 15 is 0 Å². The van der Waals surface area contributed by atoms with E-state index in [9.17, 15) is 14.4 Å². The van der Waals surface area contributed by atoms with E-state index in [2.05, 4.69) is 5.32 Å². The number of ether oxygens (including phenoxy) is 2.